The van der Waals surface area contributed by atoms with Gasteiger partial charge in [-0.2, -0.15) is 0 Å². The average Bonchev–Trinajstić information content (AvgIpc) is 2.95. The van der Waals surface area contributed by atoms with E-state index in [9.17, 15) is 0 Å². The minimum atomic E-state index is 0.145. The van der Waals surface area contributed by atoms with Crippen LogP contribution in [-0.4, -0.2) is 35.3 Å². The van der Waals surface area contributed by atoms with Crippen molar-refractivity contribution in [3.63, 3.8) is 0 Å². The Kier molecular flexibility index (Phi) is 4.31. The van der Waals surface area contributed by atoms with Gasteiger partial charge in [0.1, 0.15) is 5.65 Å². The number of nitrogens with one attached hydrogen (secondary N) is 1. The number of nitrogens with zero attached hydrogens (tertiary/aromatic N) is 2. The van der Waals surface area contributed by atoms with E-state index in [0.29, 0.717) is 6.54 Å². The van der Waals surface area contributed by atoms with Gasteiger partial charge < -0.3 is 15.0 Å². The average molecular weight is 305 g/mol. The van der Waals surface area contributed by atoms with Crippen molar-refractivity contribution in [2.75, 3.05) is 25.1 Å². The summed E-state index contributed by atoms with van der Waals surface area (Å²) in [5.74, 6) is 6.30. The van der Waals surface area contributed by atoms with Gasteiger partial charge in [0.2, 0.25) is 0 Å². The molecule has 0 saturated carbocycles. The number of aliphatic hydroxyl groups excluding tert-OH is 1. The molecule has 4 heteroatoms. The minimum Gasteiger partial charge on any atom is -0.395 e. The fraction of sp³-hybridized carbons (Fsp3) is 0.211. The van der Waals surface area contributed by atoms with Crippen LogP contribution < -0.4 is 4.90 Å². The first-order chi connectivity index (χ1) is 11.2. The molecule has 0 aliphatic heterocycles. The van der Waals surface area contributed by atoms with E-state index in [1.54, 1.807) is 0 Å². The van der Waals surface area contributed by atoms with Gasteiger partial charge in [-0.25, -0.2) is 4.98 Å². The third kappa shape index (κ3) is 3.53. The number of H-pyrrole nitrogens is 1. The fourth-order valence-electron chi connectivity index (χ4n) is 2.41. The quantitative estimate of drug-likeness (QED) is 0.732. The number of aromatic amines is 1. The normalized spacial score (nSPS) is 10.4. The first-order valence-electron chi connectivity index (χ1n) is 7.55. The molecular formula is C19H19N3O. The lowest BCUT2D eigenvalue weighted by Crippen LogP contribution is -2.20. The largest absolute Gasteiger partial charge is 0.395 e. The summed E-state index contributed by atoms with van der Waals surface area (Å²) in [7, 11) is 1.95. The molecule has 0 bridgehead atoms. The van der Waals surface area contributed by atoms with E-state index in [1.807, 2.05) is 55.4 Å². The second-order valence-corrected chi connectivity index (χ2v) is 5.58. The molecule has 0 saturated heterocycles. The Balaban J connectivity index is 1.80. The van der Waals surface area contributed by atoms with E-state index in [1.165, 1.54) is 0 Å². The molecule has 0 radical (unpaired) electrons. The number of benzene rings is 1. The monoisotopic (exact) mass is 305 g/mol. The lowest BCUT2D eigenvalue weighted by atomic mass is 10.2. The Morgan fingerprint density at radius 2 is 1.96 bits per heavy atom. The minimum absolute atomic E-state index is 0.145. The molecular weight excluding hydrogens is 286 g/mol. The lowest BCUT2D eigenvalue weighted by molar-refractivity contribution is 0.304. The number of likely N-dealkylation sites (N-methyl/N-ethyl adjacent to an activating group) is 1. The molecule has 4 nitrogen and oxygen atoms in total. The van der Waals surface area contributed by atoms with Crippen molar-refractivity contribution in [3.8, 4) is 11.8 Å². The highest BCUT2D eigenvalue weighted by molar-refractivity contribution is 5.78. The van der Waals surface area contributed by atoms with E-state index in [4.69, 9.17) is 5.11 Å². The maximum absolute atomic E-state index is 8.97. The zero-order valence-corrected chi connectivity index (χ0v) is 13.3. The summed E-state index contributed by atoms with van der Waals surface area (Å²) in [6.45, 7) is 2.79. The van der Waals surface area contributed by atoms with Crippen molar-refractivity contribution >= 4 is 16.7 Å². The predicted molar refractivity (Wildman–Crippen MR) is 93.6 cm³/mol. The Bertz CT molecular complexity index is 869. The number of hydrogen-bond donors (Lipinski definition) is 2. The summed E-state index contributed by atoms with van der Waals surface area (Å²) in [6, 6.07) is 12.1. The van der Waals surface area contributed by atoms with Crippen molar-refractivity contribution in [1.82, 2.24) is 9.97 Å². The fourth-order valence-corrected chi connectivity index (χ4v) is 2.41. The van der Waals surface area contributed by atoms with Gasteiger partial charge in [0, 0.05) is 36.4 Å². The van der Waals surface area contributed by atoms with Crippen LogP contribution in [0, 0.1) is 18.8 Å². The van der Waals surface area contributed by atoms with Gasteiger partial charge in [0.15, 0.2) is 0 Å². The van der Waals surface area contributed by atoms with E-state index >= 15 is 0 Å². The van der Waals surface area contributed by atoms with Crippen molar-refractivity contribution < 1.29 is 5.11 Å². The van der Waals surface area contributed by atoms with Crippen LogP contribution in [0.1, 0.15) is 16.8 Å². The number of aromatic nitrogens is 2. The number of fused-ring (bicyclic) bond motifs is 1. The highest BCUT2D eigenvalue weighted by Gasteiger charge is 2.01. The molecule has 0 aliphatic rings. The zero-order valence-electron chi connectivity index (χ0n) is 13.3. The molecule has 2 N–H and O–H groups in total. The smallest absolute Gasteiger partial charge is 0.138 e. The molecule has 23 heavy (non-hydrogen) atoms. The highest BCUT2D eigenvalue weighted by atomic mass is 16.3. The van der Waals surface area contributed by atoms with Crippen LogP contribution in [0.2, 0.25) is 0 Å². The lowest BCUT2D eigenvalue weighted by Gasteiger charge is -2.17. The van der Waals surface area contributed by atoms with Crippen molar-refractivity contribution in [1.29, 1.82) is 0 Å². The Morgan fingerprint density at radius 3 is 2.70 bits per heavy atom. The predicted octanol–water partition coefficient (Wildman–Crippen LogP) is 2.70. The van der Waals surface area contributed by atoms with Gasteiger partial charge in [-0.15, -0.1) is 0 Å². The molecule has 0 spiro atoms. The second-order valence-electron chi connectivity index (χ2n) is 5.58. The van der Waals surface area contributed by atoms with Crippen molar-refractivity contribution in [2.24, 2.45) is 0 Å². The van der Waals surface area contributed by atoms with Crippen LogP contribution in [0.5, 0.6) is 0 Å². The second kappa shape index (κ2) is 6.55. The molecule has 0 aliphatic carbocycles. The number of hydrogen-bond acceptors (Lipinski definition) is 3. The summed E-state index contributed by atoms with van der Waals surface area (Å²) in [6.07, 6.45) is 1.84. The van der Waals surface area contributed by atoms with Crippen LogP contribution in [0.4, 0.5) is 5.69 Å². The van der Waals surface area contributed by atoms with Gasteiger partial charge in [-0.3, -0.25) is 0 Å². The maximum Gasteiger partial charge on any atom is 0.138 e. The molecule has 0 atom stereocenters. The van der Waals surface area contributed by atoms with Crippen molar-refractivity contribution in [2.45, 2.75) is 6.92 Å². The van der Waals surface area contributed by atoms with Gasteiger partial charge in [-0.05, 0) is 54.8 Å². The first kappa shape index (κ1) is 15.1. The van der Waals surface area contributed by atoms with Crippen LogP contribution in [0.15, 0.2) is 42.6 Å². The number of rotatable bonds is 3. The molecule has 0 amide bonds. The standard InChI is InChI=1S/C19H19N3O/c1-14-11-16-12-17(21-19(16)20-13-14)6-3-15-4-7-18(8-5-15)22(2)9-10-23/h4-5,7-8,11-13,23H,9-10H2,1-2H3,(H,20,21). The summed E-state index contributed by atoms with van der Waals surface area (Å²) in [5, 5.41) is 10.0. The molecule has 2 aromatic heterocycles. The summed E-state index contributed by atoms with van der Waals surface area (Å²) in [5.41, 5.74) is 4.88. The van der Waals surface area contributed by atoms with Crippen LogP contribution in [0.25, 0.3) is 11.0 Å². The SMILES string of the molecule is Cc1cnc2[nH]c(C#Cc3ccc(N(C)CCO)cc3)cc2c1. The summed E-state index contributed by atoms with van der Waals surface area (Å²) >= 11 is 0. The topological polar surface area (TPSA) is 52.2 Å². The third-order valence-corrected chi connectivity index (χ3v) is 3.69. The van der Waals surface area contributed by atoms with Crippen LogP contribution >= 0.6 is 0 Å². The van der Waals surface area contributed by atoms with E-state index in [0.717, 1.165) is 33.5 Å². The van der Waals surface area contributed by atoms with Gasteiger partial charge >= 0.3 is 0 Å². The van der Waals surface area contributed by atoms with Gasteiger partial charge in [0.05, 0.1) is 12.3 Å². The molecule has 3 aromatic rings. The molecule has 1 aromatic carbocycles. The first-order valence-corrected chi connectivity index (χ1v) is 7.55. The van der Waals surface area contributed by atoms with Crippen LogP contribution in [-0.2, 0) is 0 Å². The molecule has 116 valence electrons. The molecule has 0 unspecified atom stereocenters. The van der Waals surface area contributed by atoms with E-state index < -0.39 is 0 Å². The third-order valence-electron chi connectivity index (χ3n) is 3.69. The summed E-state index contributed by atoms with van der Waals surface area (Å²) < 4.78 is 0. The number of anilines is 1. The Labute approximate surface area is 135 Å². The van der Waals surface area contributed by atoms with Crippen LogP contribution in [0.3, 0.4) is 0 Å². The number of aryl methyl sites for hydroxylation is 1. The number of pyridine rings is 1. The Morgan fingerprint density at radius 1 is 1.17 bits per heavy atom. The highest BCUT2D eigenvalue weighted by Crippen LogP contribution is 2.15. The maximum atomic E-state index is 8.97. The summed E-state index contributed by atoms with van der Waals surface area (Å²) in [4.78, 5) is 9.58. The van der Waals surface area contributed by atoms with Gasteiger partial charge in [0.25, 0.3) is 0 Å². The van der Waals surface area contributed by atoms with E-state index in [2.05, 4.69) is 27.9 Å². The zero-order chi connectivity index (χ0) is 16.2. The number of aliphatic hydroxyl groups is 1. The molecule has 2 heterocycles. The molecule has 0 fully saturated rings. The van der Waals surface area contributed by atoms with E-state index in [-0.39, 0.29) is 6.61 Å². The van der Waals surface area contributed by atoms with Crippen molar-refractivity contribution in [3.05, 3.63) is 59.4 Å². The Hall–Kier alpha value is -2.77. The van der Waals surface area contributed by atoms with Gasteiger partial charge in [-0.1, -0.05) is 5.92 Å². The molecule has 3 rings (SSSR count).